The van der Waals surface area contributed by atoms with Crippen molar-refractivity contribution in [1.82, 2.24) is 4.90 Å². The fraction of sp³-hybridized carbons (Fsp3) is 0.280. The van der Waals surface area contributed by atoms with E-state index in [9.17, 15) is 19.1 Å². The van der Waals surface area contributed by atoms with Gasteiger partial charge in [0.25, 0.3) is 5.91 Å². The zero-order valence-electron chi connectivity index (χ0n) is 18.2. The number of amides is 1. The third-order valence-electron chi connectivity index (χ3n) is 5.74. The van der Waals surface area contributed by atoms with E-state index in [4.69, 9.17) is 20.8 Å². The molecular weight excluding hydrogens is 449 g/mol. The Morgan fingerprint density at radius 2 is 2.00 bits per heavy atom. The topological polar surface area (TPSA) is 80.0 Å². The van der Waals surface area contributed by atoms with E-state index in [0.717, 1.165) is 12.8 Å². The number of ketones is 1. The lowest BCUT2D eigenvalue weighted by Gasteiger charge is -2.27. The highest BCUT2D eigenvalue weighted by Crippen LogP contribution is 2.41. The van der Waals surface area contributed by atoms with Gasteiger partial charge in [-0.05, 0) is 24.6 Å². The van der Waals surface area contributed by atoms with Crippen molar-refractivity contribution in [3.63, 3.8) is 0 Å². The van der Waals surface area contributed by atoms with E-state index in [0.29, 0.717) is 28.2 Å². The van der Waals surface area contributed by atoms with Gasteiger partial charge in [0.05, 0.1) is 18.7 Å². The van der Waals surface area contributed by atoms with Gasteiger partial charge in [-0.2, -0.15) is 0 Å². The van der Waals surface area contributed by atoms with Gasteiger partial charge >= 0.3 is 0 Å². The minimum atomic E-state index is -1.07. The van der Waals surface area contributed by atoms with E-state index in [1.165, 1.54) is 36.3 Å². The number of fused-ring (bicyclic) bond motifs is 1. The lowest BCUT2D eigenvalue weighted by Crippen LogP contribution is -2.32. The fourth-order valence-electron chi connectivity index (χ4n) is 4.15. The second-order valence-electron chi connectivity index (χ2n) is 7.86. The Kier molecular flexibility index (Phi) is 6.42. The van der Waals surface area contributed by atoms with Crippen LogP contribution in [0, 0.1) is 5.82 Å². The molecule has 2 aromatic carbocycles. The Labute approximate surface area is 195 Å². The Hall–Kier alpha value is -3.32. The highest BCUT2D eigenvalue weighted by molar-refractivity contribution is 6.31. The van der Waals surface area contributed by atoms with Gasteiger partial charge in [0.2, 0.25) is 5.78 Å². The number of nitrogens with zero attached hydrogens (tertiary/aromatic N) is 1. The van der Waals surface area contributed by atoms with Crippen LogP contribution in [0.1, 0.15) is 48.3 Å². The number of carbonyl (C=O) groups is 2. The third kappa shape index (κ3) is 4.09. The van der Waals surface area contributed by atoms with Crippen LogP contribution in [0.25, 0.3) is 11.0 Å². The smallest absolute Gasteiger partial charge is 0.290 e. The first kappa shape index (κ1) is 22.9. The van der Waals surface area contributed by atoms with Gasteiger partial charge in [-0.15, -0.1) is 0 Å². The van der Waals surface area contributed by atoms with Gasteiger partial charge in [-0.1, -0.05) is 49.6 Å². The van der Waals surface area contributed by atoms with E-state index < -0.39 is 29.3 Å². The molecule has 1 N–H and O–H groups in total. The number of rotatable bonds is 8. The summed E-state index contributed by atoms with van der Waals surface area (Å²) in [7, 11) is 1.45. The van der Waals surface area contributed by atoms with Crippen LogP contribution < -0.4 is 4.74 Å². The number of aliphatic hydroxyl groups is 1. The molecule has 0 saturated carbocycles. The number of unbranched alkanes of at least 4 members (excludes halogenated alkanes) is 2. The van der Waals surface area contributed by atoms with E-state index in [-0.39, 0.29) is 23.4 Å². The zero-order chi connectivity index (χ0) is 23.7. The van der Waals surface area contributed by atoms with Gasteiger partial charge in [0, 0.05) is 28.6 Å². The summed E-state index contributed by atoms with van der Waals surface area (Å²) in [5.41, 5.74) is 0.217. The SMILES string of the molecule is CCCCCN1C(=O)C(O)=C(C(=O)c2cc3cc(Cl)cc(OC)c3o2)C1c1ccccc1F. The quantitative estimate of drug-likeness (QED) is 0.322. The molecule has 33 heavy (non-hydrogen) atoms. The molecular formula is C25H23ClFNO5. The summed E-state index contributed by atoms with van der Waals surface area (Å²) < 4.78 is 25.8. The van der Waals surface area contributed by atoms with Crippen LogP contribution in [-0.2, 0) is 4.79 Å². The van der Waals surface area contributed by atoms with E-state index in [1.54, 1.807) is 18.2 Å². The van der Waals surface area contributed by atoms with Crippen LogP contribution in [-0.4, -0.2) is 35.4 Å². The third-order valence-corrected chi connectivity index (χ3v) is 5.96. The molecule has 8 heteroatoms. The summed E-state index contributed by atoms with van der Waals surface area (Å²) in [5.74, 6) is -2.47. The number of ether oxygens (including phenoxy) is 1. The summed E-state index contributed by atoms with van der Waals surface area (Å²) in [6.07, 6.45) is 2.42. The molecule has 0 saturated heterocycles. The Balaban J connectivity index is 1.81. The van der Waals surface area contributed by atoms with Crippen molar-refractivity contribution in [2.75, 3.05) is 13.7 Å². The molecule has 1 unspecified atom stereocenters. The first-order chi connectivity index (χ1) is 15.9. The predicted octanol–water partition coefficient (Wildman–Crippen LogP) is 6.00. The van der Waals surface area contributed by atoms with Crippen LogP contribution in [0.5, 0.6) is 5.75 Å². The minimum absolute atomic E-state index is 0.114. The number of aliphatic hydroxyl groups excluding tert-OH is 1. The molecule has 0 spiro atoms. The number of hydrogen-bond donors (Lipinski definition) is 1. The van der Waals surface area contributed by atoms with Crippen molar-refractivity contribution < 1.29 is 28.2 Å². The molecule has 0 radical (unpaired) electrons. The molecule has 6 nitrogen and oxygen atoms in total. The number of hydrogen-bond acceptors (Lipinski definition) is 5. The molecule has 1 aliphatic heterocycles. The maximum Gasteiger partial charge on any atom is 0.290 e. The van der Waals surface area contributed by atoms with Crippen LogP contribution >= 0.6 is 11.6 Å². The number of carbonyl (C=O) groups excluding carboxylic acids is 2. The van der Waals surface area contributed by atoms with E-state index in [1.807, 2.05) is 6.92 Å². The highest BCUT2D eigenvalue weighted by Gasteiger charge is 2.45. The van der Waals surface area contributed by atoms with Crippen LogP contribution in [0.2, 0.25) is 5.02 Å². The predicted molar refractivity (Wildman–Crippen MR) is 122 cm³/mol. The molecule has 4 rings (SSSR count). The number of Topliss-reactive ketones (excluding diaryl/α,β-unsaturated/α-hetero) is 1. The summed E-state index contributed by atoms with van der Waals surface area (Å²) in [4.78, 5) is 27.8. The summed E-state index contributed by atoms with van der Waals surface area (Å²) in [6, 6.07) is 9.48. The summed E-state index contributed by atoms with van der Waals surface area (Å²) >= 11 is 6.11. The van der Waals surface area contributed by atoms with Gasteiger partial charge in [0.1, 0.15) is 5.82 Å². The Morgan fingerprint density at radius 3 is 2.70 bits per heavy atom. The van der Waals surface area contributed by atoms with Gasteiger partial charge < -0.3 is 19.2 Å². The summed E-state index contributed by atoms with van der Waals surface area (Å²) in [5, 5.41) is 11.6. The maximum atomic E-state index is 14.8. The fourth-order valence-corrected chi connectivity index (χ4v) is 4.37. The average molecular weight is 472 g/mol. The number of benzene rings is 2. The maximum absolute atomic E-state index is 14.8. The Morgan fingerprint density at radius 1 is 1.24 bits per heavy atom. The molecule has 172 valence electrons. The molecule has 3 aromatic rings. The van der Waals surface area contributed by atoms with Crippen LogP contribution in [0.3, 0.4) is 0 Å². The number of halogens is 2. The molecule has 0 fully saturated rings. The first-order valence-electron chi connectivity index (χ1n) is 10.7. The molecule has 2 heterocycles. The van der Waals surface area contributed by atoms with Crippen molar-refractivity contribution in [3.05, 3.63) is 76.0 Å². The van der Waals surface area contributed by atoms with Crippen molar-refractivity contribution in [3.8, 4) is 5.75 Å². The second-order valence-corrected chi connectivity index (χ2v) is 8.29. The lowest BCUT2D eigenvalue weighted by molar-refractivity contribution is -0.129. The largest absolute Gasteiger partial charge is 0.503 e. The monoisotopic (exact) mass is 471 g/mol. The standard InChI is InChI=1S/C25H23ClFNO5/c1-3-4-7-10-28-21(16-8-5-6-9-17(16)27)20(23(30)25(28)31)22(29)18-12-14-11-15(26)13-19(32-2)24(14)33-18/h5-6,8-9,11-13,21,30H,3-4,7,10H2,1-2H3. The summed E-state index contributed by atoms with van der Waals surface area (Å²) in [6.45, 7) is 2.29. The molecule has 1 aromatic heterocycles. The highest BCUT2D eigenvalue weighted by atomic mass is 35.5. The van der Waals surface area contributed by atoms with Gasteiger partial charge in [-0.25, -0.2) is 4.39 Å². The number of methoxy groups -OCH3 is 1. The normalized spacial score (nSPS) is 16.2. The average Bonchev–Trinajstić information content (AvgIpc) is 3.33. The Bertz CT molecular complexity index is 1260. The molecule has 0 aliphatic carbocycles. The first-order valence-corrected chi connectivity index (χ1v) is 11.1. The van der Waals surface area contributed by atoms with E-state index in [2.05, 4.69) is 0 Å². The molecule has 1 amide bonds. The van der Waals surface area contributed by atoms with Gasteiger partial charge in [-0.3, -0.25) is 9.59 Å². The molecule has 1 atom stereocenters. The van der Waals surface area contributed by atoms with Crippen molar-refractivity contribution >= 4 is 34.3 Å². The molecule has 1 aliphatic rings. The van der Waals surface area contributed by atoms with Crippen LogP contribution in [0.15, 0.2) is 58.2 Å². The number of furan rings is 1. The van der Waals surface area contributed by atoms with Gasteiger partial charge in [0.15, 0.2) is 22.9 Å². The molecule has 0 bridgehead atoms. The zero-order valence-corrected chi connectivity index (χ0v) is 19.0. The van der Waals surface area contributed by atoms with Crippen molar-refractivity contribution in [2.45, 2.75) is 32.2 Å². The van der Waals surface area contributed by atoms with Crippen LogP contribution in [0.4, 0.5) is 4.39 Å². The van der Waals surface area contributed by atoms with Crippen molar-refractivity contribution in [1.29, 1.82) is 0 Å². The minimum Gasteiger partial charge on any atom is -0.503 e. The van der Waals surface area contributed by atoms with Crippen molar-refractivity contribution in [2.24, 2.45) is 0 Å². The van der Waals surface area contributed by atoms with E-state index >= 15 is 0 Å². The lowest BCUT2D eigenvalue weighted by atomic mass is 9.94. The second kappa shape index (κ2) is 9.27.